The number of rotatable bonds is 2. The van der Waals surface area contributed by atoms with E-state index < -0.39 is 5.60 Å². The van der Waals surface area contributed by atoms with Crippen LogP contribution in [0.3, 0.4) is 0 Å². The number of anilines is 1. The summed E-state index contributed by atoms with van der Waals surface area (Å²) in [4.78, 5) is 21.9. The number of hydrogen-bond donors (Lipinski definition) is 2. The first kappa shape index (κ1) is 14.7. The van der Waals surface area contributed by atoms with Gasteiger partial charge in [-0.25, -0.2) is 9.78 Å². The van der Waals surface area contributed by atoms with Gasteiger partial charge in [0.05, 0.1) is 17.1 Å². The smallest absolute Gasteiger partial charge is 0.407 e. The van der Waals surface area contributed by atoms with E-state index >= 15 is 0 Å². The molecule has 1 saturated heterocycles. The number of ether oxygens (including phenoxy) is 1. The van der Waals surface area contributed by atoms with E-state index in [2.05, 4.69) is 20.2 Å². The number of carbonyl (C=O) groups is 1. The Kier molecular flexibility index (Phi) is 3.68. The summed E-state index contributed by atoms with van der Waals surface area (Å²) < 4.78 is 5.30. The Morgan fingerprint density at radius 2 is 2.18 bits per heavy atom. The average Bonchev–Trinajstić information content (AvgIpc) is 3.01. The first-order valence-electron chi connectivity index (χ1n) is 7.60. The normalized spacial score (nSPS) is 18.7. The number of amides is 1. The summed E-state index contributed by atoms with van der Waals surface area (Å²) in [5.41, 5.74) is 1.52. The van der Waals surface area contributed by atoms with Gasteiger partial charge in [-0.1, -0.05) is 12.1 Å². The number of nitrogens with one attached hydrogen (secondary N) is 2. The van der Waals surface area contributed by atoms with Gasteiger partial charge < -0.3 is 19.9 Å². The number of carbonyl (C=O) groups excluding carboxylic acids is 1. The lowest BCUT2D eigenvalue weighted by Gasteiger charge is -2.22. The summed E-state index contributed by atoms with van der Waals surface area (Å²) in [6.45, 7) is 7.19. The van der Waals surface area contributed by atoms with Gasteiger partial charge in [0.25, 0.3) is 0 Å². The summed E-state index contributed by atoms with van der Waals surface area (Å²) in [6.07, 6.45) is 0.528. The number of alkyl carbamates (subject to hydrolysis) is 1. The lowest BCUT2D eigenvalue weighted by molar-refractivity contribution is 0.0509. The molecule has 1 aliphatic heterocycles. The average molecular weight is 302 g/mol. The highest BCUT2D eigenvalue weighted by Gasteiger charge is 2.27. The minimum absolute atomic E-state index is 0.0862. The predicted octanol–water partition coefficient (Wildman–Crippen LogP) is 2.67. The van der Waals surface area contributed by atoms with Crippen LogP contribution in [0.1, 0.15) is 27.2 Å². The van der Waals surface area contributed by atoms with Crippen LogP contribution < -0.4 is 10.2 Å². The van der Waals surface area contributed by atoms with Gasteiger partial charge in [0, 0.05) is 13.1 Å². The second-order valence-electron chi connectivity index (χ2n) is 6.66. The van der Waals surface area contributed by atoms with Gasteiger partial charge in [0.2, 0.25) is 5.95 Å². The third-order valence-corrected chi connectivity index (χ3v) is 3.59. The highest BCUT2D eigenvalue weighted by Crippen LogP contribution is 2.21. The summed E-state index contributed by atoms with van der Waals surface area (Å²) in [6, 6.07) is 8.05. The van der Waals surface area contributed by atoms with Gasteiger partial charge in [-0.05, 0) is 39.3 Å². The molecule has 2 N–H and O–H groups in total. The molecule has 0 radical (unpaired) electrons. The fraction of sp³-hybridized carbons (Fsp3) is 0.500. The fourth-order valence-corrected chi connectivity index (χ4v) is 2.63. The van der Waals surface area contributed by atoms with Crippen LogP contribution in [0, 0.1) is 0 Å². The van der Waals surface area contributed by atoms with Crippen LogP contribution in [0.25, 0.3) is 11.0 Å². The molecule has 0 bridgehead atoms. The van der Waals surface area contributed by atoms with E-state index in [9.17, 15) is 4.79 Å². The molecule has 1 amide bonds. The molecule has 0 saturated carbocycles. The maximum atomic E-state index is 11.8. The highest BCUT2D eigenvalue weighted by atomic mass is 16.6. The zero-order valence-corrected chi connectivity index (χ0v) is 13.2. The molecule has 0 spiro atoms. The molecule has 118 valence electrons. The van der Waals surface area contributed by atoms with Crippen molar-refractivity contribution in [1.29, 1.82) is 0 Å². The van der Waals surface area contributed by atoms with Gasteiger partial charge in [0.15, 0.2) is 0 Å². The number of para-hydroxylation sites is 2. The minimum Gasteiger partial charge on any atom is -0.444 e. The van der Waals surface area contributed by atoms with Crippen LogP contribution in [0.2, 0.25) is 0 Å². The largest absolute Gasteiger partial charge is 0.444 e. The first-order valence-corrected chi connectivity index (χ1v) is 7.60. The van der Waals surface area contributed by atoms with Crippen molar-refractivity contribution >= 4 is 23.1 Å². The first-order chi connectivity index (χ1) is 10.4. The van der Waals surface area contributed by atoms with Crippen molar-refractivity contribution in [2.45, 2.75) is 38.8 Å². The zero-order chi connectivity index (χ0) is 15.7. The third-order valence-electron chi connectivity index (χ3n) is 3.59. The predicted molar refractivity (Wildman–Crippen MR) is 86.1 cm³/mol. The lowest BCUT2D eigenvalue weighted by atomic mass is 10.2. The molecule has 3 rings (SSSR count). The second kappa shape index (κ2) is 5.51. The van der Waals surface area contributed by atoms with Gasteiger partial charge in [0.1, 0.15) is 5.60 Å². The summed E-state index contributed by atoms with van der Waals surface area (Å²) in [7, 11) is 0. The zero-order valence-electron chi connectivity index (χ0n) is 13.2. The van der Waals surface area contributed by atoms with E-state index in [0.717, 1.165) is 36.5 Å². The molecule has 22 heavy (non-hydrogen) atoms. The number of aromatic amines is 1. The second-order valence-corrected chi connectivity index (χ2v) is 6.66. The van der Waals surface area contributed by atoms with Gasteiger partial charge in [-0.3, -0.25) is 0 Å². The third kappa shape index (κ3) is 3.32. The van der Waals surface area contributed by atoms with E-state index in [1.165, 1.54) is 0 Å². The van der Waals surface area contributed by atoms with E-state index in [1.54, 1.807) is 0 Å². The molecule has 1 aromatic carbocycles. The summed E-state index contributed by atoms with van der Waals surface area (Å²) in [5.74, 6) is 0.856. The van der Waals surface area contributed by atoms with Crippen LogP contribution in [0.4, 0.5) is 10.7 Å². The Balaban J connectivity index is 1.61. The molecule has 0 unspecified atom stereocenters. The van der Waals surface area contributed by atoms with E-state index in [1.807, 2.05) is 45.0 Å². The van der Waals surface area contributed by atoms with Crippen molar-refractivity contribution < 1.29 is 9.53 Å². The van der Waals surface area contributed by atoms with E-state index in [4.69, 9.17) is 4.74 Å². The maximum Gasteiger partial charge on any atom is 0.407 e. The molecule has 6 nitrogen and oxygen atoms in total. The SMILES string of the molecule is CC(C)(C)OC(=O)N[C@H]1CCN(c2nc3ccccc3[nH]2)C1. The number of nitrogens with zero attached hydrogens (tertiary/aromatic N) is 2. The molecule has 2 aromatic rings. The number of H-pyrrole nitrogens is 1. The molecular formula is C16H22N4O2. The minimum atomic E-state index is -0.471. The maximum absolute atomic E-state index is 11.8. The van der Waals surface area contributed by atoms with Crippen molar-refractivity contribution in [1.82, 2.24) is 15.3 Å². The Labute approximate surface area is 129 Å². The van der Waals surface area contributed by atoms with E-state index in [-0.39, 0.29) is 12.1 Å². The van der Waals surface area contributed by atoms with Crippen LogP contribution in [-0.4, -0.2) is 40.8 Å². The highest BCUT2D eigenvalue weighted by molar-refractivity contribution is 5.77. The Morgan fingerprint density at radius 1 is 1.41 bits per heavy atom. The molecule has 0 aliphatic carbocycles. The van der Waals surface area contributed by atoms with Crippen LogP contribution in [0.15, 0.2) is 24.3 Å². The van der Waals surface area contributed by atoms with Gasteiger partial charge in [-0.15, -0.1) is 0 Å². The number of benzene rings is 1. The molecule has 1 fully saturated rings. The number of aromatic nitrogens is 2. The van der Waals surface area contributed by atoms with Crippen LogP contribution in [-0.2, 0) is 4.74 Å². The van der Waals surface area contributed by atoms with Crippen molar-refractivity contribution in [3.8, 4) is 0 Å². The molecule has 2 heterocycles. The summed E-state index contributed by atoms with van der Waals surface area (Å²) in [5, 5.41) is 2.92. The fourth-order valence-electron chi connectivity index (χ4n) is 2.63. The molecule has 6 heteroatoms. The van der Waals surface area contributed by atoms with Crippen molar-refractivity contribution in [2.24, 2.45) is 0 Å². The van der Waals surface area contributed by atoms with Crippen LogP contribution in [0.5, 0.6) is 0 Å². The van der Waals surface area contributed by atoms with Gasteiger partial charge in [-0.2, -0.15) is 0 Å². The molecular weight excluding hydrogens is 280 g/mol. The quantitative estimate of drug-likeness (QED) is 0.895. The van der Waals surface area contributed by atoms with Crippen molar-refractivity contribution in [3.63, 3.8) is 0 Å². The lowest BCUT2D eigenvalue weighted by Crippen LogP contribution is -2.40. The monoisotopic (exact) mass is 302 g/mol. The van der Waals surface area contributed by atoms with Gasteiger partial charge >= 0.3 is 6.09 Å². The van der Waals surface area contributed by atoms with Crippen molar-refractivity contribution in [3.05, 3.63) is 24.3 Å². The summed E-state index contributed by atoms with van der Waals surface area (Å²) >= 11 is 0. The number of imidazole rings is 1. The number of hydrogen-bond acceptors (Lipinski definition) is 4. The Morgan fingerprint density at radius 3 is 2.91 bits per heavy atom. The standard InChI is InChI=1S/C16H22N4O2/c1-16(2,3)22-15(21)17-11-8-9-20(10-11)14-18-12-6-4-5-7-13(12)19-14/h4-7,11H,8-10H2,1-3H3,(H,17,21)(H,18,19)/t11-/m0/s1. The molecule has 1 atom stereocenters. The Bertz CT molecular complexity index is 641. The topological polar surface area (TPSA) is 70.2 Å². The number of fused-ring (bicyclic) bond motifs is 1. The van der Waals surface area contributed by atoms with Crippen molar-refractivity contribution in [2.75, 3.05) is 18.0 Å². The molecule has 1 aromatic heterocycles. The molecule has 1 aliphatic rings. The van der Waals surface area contributed by atoms with Crippen LogP contribution >= 0.6 is 0 Å². The Hall–Kier alpha value is -2.24. The van der Waals surface area contributed by atoms with E-state index in [0.29, 0.717) is 0 Å².